The van der Waals surface area contributed by atoms with E-state index in [2.05, 4.69) is 5.32 Å². The van der Waals surface area contributed by atoms with E-state index in [0.717, 1.165) is 25.7 Å². The fourth-order valence-electron chi connectivity index (χ4n) is 3.45. The molecule has 1 amide bonds. The second-order valence-corrected chi connectivity index (χ2v) is 6.89. The minimum absolute atomic E-state index is 0.00801. The van der Waals surface area contributed by atoms with Crippen LogP contribution in [0.25, 0.3) is 0 Å². The van der Waals surface area contributed by atoms with E-state index >= 15 is 0 Å². The average molecular weight is 366 g/mol. The van der Waals surface area contributed by atoms with Gasteiger partial charge in [-0.1, -0.05) is 43.5 Å². The third-order valence-electron chi connectivity index (χ3n) is 4.97. The van der Waals surface area contributed by atoms with Crippen LogP contribution in [0.15, 0.2) is 48.5 Å². The van der Waals surface area contributed by atoms with Gasteiger partial charge in [-0.2, -0.15) is 0 Å². The highest BCUT2D eigenvalue weighted by atomic mass is 16.6. The lowest BCUT2D eigenvalue weighted by Crippen LogP contribution is -2.25. The van der Waals surface area contributed by atoms with Gasteiger partial charge in [-0.05, 0) is 30.5 Å². The maximum atomic E-state index is 12.7. The lowest BCUT2D eigenvalue weighted by atomic mass is 9.88. The van der Waals surface area contributed by atoms with Crippen LogP contribution in [0.1, 0.15) is 48.0 Å². The molecule has 1 aliphatic carbocycles. The smallest absolute Gasteiger partial charge is 0.269 e. The summed E-state index contributed by atoms with van der Waals surface area (Å²) >= 11 is 0. The van der Waals surface area contributed by atoms with Gasteiger partial charge in [0.1, 0.15) is 0 Å². The van der Waals surface area contributed by atoms with Gasteiger partial charge in [-0.3, -0.25) is 19.7 Å². The van der Waals surface area contributed by atoms with Gasteiger partial charge >= 0.3 is 0 Å². The first-order valence-electron chi connectivity index (χ1n) is 9.21. The summed E-state index contributed by atoms with van der Waals surface area (Å²) in [5, 5.41) is 13.7. The number of carbonyl (C=O) groups is 2. The van der Waals surface area contributed by atoms with Crippen LogP contribution in [0.4, 0.5) is 11.4 Å². The van der Waals surface area contributed by atoms with E-state index in [1.165, 1.54) is 18.6 Å². The number of nitro groups is 1. The standard InChI is InChI=1S/C21H22N2O4/c24-20(14-15-10-12-17(13-11-15)23(26)27)18-8-4-5-9-19(18)22-21(25)16-6-2-1-3-7-16/h4-5,8-13,16H,1-3,6-7,14H2,(H,22,25). The number of anilines is 1. The summed E-state index contributed by atoms with van der Waals surface area (Å²) in [4.78, 5) is 35.5. The summed E-state index contributed by atoms with van der Waals surface area (Å²) in [5.41, 5.74) is 1.67. The first-order chi connectivity index (χ1) is 13.0. The maximum Gasteiger partial charge on any atom is 0.269 e. The zero-order valence-electron chi connectivity index (χ0n) is 15.0. The molecule has 0 saturated heterocycles. The Morgan fingerprint density at radius 3 is 2.33 bits per heavy atom. The molecule has 0 radical (unpaired) electrons. The zero-order valence-corrected chi connectivity index (χ0v) is 15.0. The van der Waals surface area contributed by atoms with Gasteiger partial charge in [0.05, 0.1) is 10.6 Å². The number of hydrogen-bond donors (Lipinski definition) is 1. The van der Waals surface area contributed by atoms with Crippen molar-refractivity contribution in [1.29, 1.82) is 0 Å². The third kappa shape index (κ3) is 4.78. The molecule has 6 nitrogen and oxygen atoms in total. The monoisotopic (exact) mass is 366 g/mol. The topological polar surface area (TPSA) is 89.3 Å². The molecule has 0 atom stereocenters. The van der Waals surface area contributed by atoms with Crippen molar-refractivity contribution in [3.63, 3.8) is 0 Å². The second kappa shape index (κ2) is 8.58. The van der Waals surface area contributed by atoms with Crippen LogP contribution in [-0.2, 0) is 11.2 Å². The molecule has 6 heteroatoms. The molecule has 1 fully saturated rings. The quantitative estimate of drug-likeness (QED) is 0.462. The Morgan fingerprint density at radius 1 is 1.00 bits per heavy atom. The second-order valence-electron chi connectivity index (χ2n) is 6.89. The SMILES string of the molecule is O=C(Cc1ccc([N+](=O)[O-])cc1)c1ccccc1NC(=O)C1CCCCC1. The number of benzene rings is 2. The number of para-hydroxylation sites is 1. The molecule has 0 unspecified atom stereocenters. The lowest BCUT2D eigenvalue weighted by molar-refractivity contribution is -0.384. The lowest BCUT2D eigenvalue weighted by Gasteiger charge is -2.21. The first-order valence-corrected chi connectivity index (χ1v) is 9.21. The molecule has 140 valence electrons. The summed E-state index contributed by atoms with van der Waals surface area (Å²) in [6.07, 6.45) is 5.22. The summed E-state index contributed by atoms with van der Waals surface area (Å²) in [7, 11) is 0. The molecule has 0 bridgehead atoms. The number of nitro benzene ring substituents is 1. The van der Waals surface area contributed by atoms with E-state index < -0.39 is 4.92 Å². The van der Waals surface area contributed by atoms with Crippen molar-refractivity contribution < 1.29 is 14.5 Å². The minimum Gasteiger partial charge on any atom is -0.325 e. The molecule has 0 aromatic heterocycles. The van der Waals surface area contributed by atoms with Crippen molar-refractivity contribution in [3.05, 3.63) is 69.8 Å². The number of amides is 1. The van der Waals surface area contributed by atoms with E-state index in [1.807, 2.05) is 0 Å². The van der Waals surface area contributed by atoms with Gasteiger partial charge in [-0.25, -0.2) is 0 Å². The molecular weight excluding hydrogens is 344 g/mol. The Hall–Kier alpha value is -3.02. The summed E-state index contributed by atoms with van der Waals surface area (Å²) in [6, 6.07) is 12.9. The van der Waals surface area contributed by atoms with E-state index in [1.54, 1.807) is 36.4 Å². The van der Waals surface area contributed by atoms with Gasteiger partial charge in [0.2, 0.25) is 5.91 Å². The normalized spacial score (nSPS) is 14.5. The van der Waals surface area contributed by atoms with Crippen LogP contribution in [-0.4, -0.2) is 16.6 Å². The minimum atomic E-state index is -0.471. The molecular formula is C21H22N2O4. The van der Waals surface area contributed by atoms with Crippen molar-refractivity contribution in [2.45, 2.75) is 38.5 Å². The highest BCUT2D eigenvalue weighted by Gasteiger charge is 2.22. The van der Waals surface area contributed by atoms with E-state index in [0.29, 0.717) is 16.8 Å². The Bertz CT molecular complexity index is 840. The molecule has 2 aromatic carbocycles. The number of non-ortho nitro benzene ring substituents is 1. The van der Waals surface area contributed by atoms with Crippen molar-refractivity contribution >= 4 is 23.1 Å². The highest BCUT2D eigenvalue weighted by molar-refractivity contribution is 6.06. The van der Waals surface area contributed by atoms with Gasteiger partial charge in [0.25, 0.3) is 5.69 Å². The highest BCUT2D eigenvalue weighted by Crippen LogP contribution is 2.26. The summed E-state index contributed by atoms with van der Waals surface area (Å²) in [5.74, 6) is -0.148. The largest absolute Gasteiger partial charge is 0.325 e. The Kier molecular flexibility index (Phi) is 5.96. The number of nitrogens with zero attached hydrogens (tertiary/aromatic N) is 1. The number of nitrogens with one attached hydrogen (secondary N) is 1. The molecule has 1 N–H and O–H groups in total. The summed E-state index contributed by atoms with van der Waals surface area (Å²) in [6.45, 7) is 0. The Labute approximate surface area is 157 Å². The number of rotatable bonds is 6. The fourth-order valence-corrected chi connectivity index (χ4v) is 3.45. The van der Waals surface area contributed by atoms with Crippen molar-refractivity contribution in [1.82, 2.24) is 0 Å². The maximum absolute atomic E-state index is 12.7. The predicted molar refractivity (Wildman–Crippen MR) is 103 cm³/mol. The first kappa shape index (κ1) is 18.8. The van der Waals surface area contributed by atoms with Crippen LogP contribution in [0, 0.1) is 16.0 Å². The number of Topliss-reactive ketones (excluding diaryl/α,β-unsaturated/α-hetero) is 1. The Morgan fingerprint density at radius 2 is 1.67 bits per heavy atom. The zero-order chi connectivity index (χ0) is 19.2. The average Bonchev–Trinajstić information content (AvgIpc) is 2.69. The fraction of sp³-hybridized carbons (Fsp3) is 0.333. The molecule has 0 heterocycles. The molecule has 0 aliphatic heterocycles. The molecule has 27 heavy (non-hydrogen) atoms. The van der Waals surface area contributed by atoms with Gasteiger partial charge < -0.3 is 5.32 Å². The van der Waals surface area contributed by atoms with Gasteiger partial charge in [-0.15, -0.1) is 0 Å². The van der Waals surface area contributed by atoms with E-state index in [4.69, 9.17) is 0 Å². The predicted octanol–water partition coefficient (Wildman–Crippen LogP) is 4.54. The number of ketones is 1. The molecule has 2 aromatic rings. The van der Waals surface area contributed by atoms with Crippen LogP contribution >= 0.6 is 0 Å². The molecule has 0 spiro atoms. The number of hydrogen-bond acceptors (Lipinski definition) is 4. The third-order valence-corrected chi connectivity index (χ3v) is 4.97. The molecule has 3 rings (SSSR count). The molecule has 1 saturated carbocycles. The van der Waals surface area contributed by atoms with Crippen LogP contribution in [0.3, 0.4) is 0 Å². The Balaban J connectivity index is 1.71. The van der Waals surface area contributed by atoms with Crippen molar-refractivity contribution in [3.8, 4) is 0 Å². The van der Waals surface area contributed by atoms with E-state index in [9.17, 15) is 19.7 Å². The van der Waals surface area contributed by atoms with Gasteiger partial charge in [0.15, 0.2) is 5.78 Å². The van der Waals surface area contributed by atoms with Gasteiger partial charge in [0, 0.05) is 30.0 Å². The van der Waals surface area contributed by atoms with Crippen molar-refractivity contribution in [2.75, 3.05) is 5.32 Å². The van der Waals surface area contributed by atoms with Crippen LogP contribution < -0.4 is 5.32 Å². The van der Waals surface area contributed by atoms with Crippen LogP contribution in [0.2, 0.25) is 0 Å². The van der Waals surface area contributed by atoms with Crippen LogP contribution in [0.5, 0.6) is 0 Å². The van der Waals surface area contributed by atoms with E-state index in [-0.39, 0.29) is 29.7 Å². The number of carbonyl (C=O) groups excluding carboxylic acids is 2. The molecule has 1 aliphatic rings. The summed E-state index contributed by atoms with van der Waals surface area (Å²) < 4.78 is 0. The van der Waals surface area contributed by atoms with Crippen molar-refractivity contribution in [2.24, 2.45) is 5.92 Å².